The van der Waals surface area contributed by atoms with Crippen molar-refractivity contribution in [1.29, 1.82) is 0 Å². The molecule has 0 bridgehead atoms. The molecule has 2 nitrogen and oxygen atoms in total. The van der Waals surface area contributed by atoms with E-state index in [1.165, 1.54) is 0 Å². The number of alkyl halides is 1. The summed E-state index contributed by atoms with van der Waals surface area (Å²) in [5, 5.41) is 0. The van der Waals surface area contributed by atoms with Crippen molar-refractivity contribution in [3.8, 4) is 0 Å². The summed E-state index contributed by atoms with van der Waals surface area (Å²) in [6.07, 6.45) is 7.50. The highest BCUT2D eigenvalue weighted by Gasteiger charge is 2.36. The van der Waals surface area contributed by atoms with E-state index in [-0.39, 0.29) is 5.97 Å². The highest BCUT2D eigenvalue weighted by atomic mass is 35.5. The van der Waals surface area contributed by atoms with Crippen molar-refractivity contribution in [2.24, 2.45) is 0 Å². The molecule has 0 atom stereocenters. The maximum atomic E-state index is 12.0. The highest BCUT2D eigenvalue weighted by molar-refractivity contribution is 6.34. The summed E-state index contributed by atoms with van der Waals surface area (Å²) in [5.74, 6) is -0.213. The lowest BCUT2D eigenvalue weighted by Gasteiger charge is -2.24. The zero-order valence-electron chi connectivity index (χ0n) is 11.6. The third-order valence-electron chi connectivity index (χ3n) is 2.95. The molecular weight excluding hydrogens is 236 g/mol. The number of carbonyl (C=O) groups excluding carboxylic acids is 1. The molecule has 0 aliphatic carbocycles. The fourth-order valence-corrected chi connectivity index (χ4v) is 2.00. The van der Waals surface area contributed by atoms with Crippen LogP contribution in [0.2, 0.25) is 0 Å². The molecular formula is C14H27ClO2. The van der Waals surface area contributed by atoms with Crippen LogP contribution < -0.4 is 0 Å². The van der Waals surface area contributed by atoms with E-state index in [1.54, 1.807) is 0 Å². The van der Waals surface area contributed by atoms with Gasteiger partial charge < -0.3 is 4.74 Å². The van der Waals surface area contributed by atoms with Crippen LogP contribution >= 0.6 is 11.6 Å². The first kappa shape index (κ1) is 16.8. The van der Waals surface area contributed by atoms with Gasteiger partial charge in [0.05, 0.1) is 6.61 Å². The van der Waals surface area contributed by atoms with E-state index in [9.17, 15) is 4.79 Å². The number of rotatable bonds is 10. The van der Waals surface area contributed by atoms with Gasteiger partial charge in [0.25, 0.3) is 0 Å². The Hall–Kier alpha value is -0.240. The van der Waals surface area contributed by atoms with Gasteiger partial charge in [-0.05, 0) is 19.3 Å². The number of hydrogen-bond donors (Lipinski definition) is 0. The SMILES string of the molecule is CCCCOC(=O)C(Cl)(CCCC)CCCC. The lowest BCUT2D eigenvalue weighted by molar-refractivity contribution is -0.147. The van der Waals surface area contributed by atoms with E-state index in [0.717, 1.165) is 51.4 Å². The van der Waals surface area contributed by atoms with E-state index in [0.29, 0.717) is 6.61 Å². The Kier molecular flexibility index (Phi) is 9.62. The van der Waals surface area contributed by atoms with Crippen molar-refractivity contribution in [2.45, 2.75) is 77.0 Å². The lowest BCUT2D eigenvalue weighted by Crippen LogP contribution is -2.34. The van der Waals surface area contributed by atoms with Crippen molar-refractivity contribution in [2.75, 3.05) is 6.61 Å². The van der Waals surface area contributed by atoms with E-state index < -0.39 is 4.87 Å². The molecule has 0 aromatic rings. The fraction of sp³-hybridized carbons (Fsp3) is 0.929. The van der Waals surface area contributed by atoms with Crippen LogP contribution in [-0.4, -0.2) is 17.5 Å². The highest BCUT2D eigenvalue weighted by Crippen LogP contribution is 2.30. The Bertz CT molecular complexity index is 196. The largest absolute Gasteiger partial charge is 0.464 e. The van der Waals surface area contributed by atoms with Crippen LogP contribution in [0.3, 0.4) is 0 Å². The zero-order chi connectivity index (χ0) is 13.1. The van der Waals surface area contributed by atoms with Crippen LogP contribution in [0.25, 0.3) is 0 Å². The van der Waals surface area contributed by atoms with Gasteiger partial charge >= 0.3 is 5.97 Å². The molecule has 0 unspecified atom stereocenters. The monoisotopic (exact) mass is 262 g/mol. The summed E-state index contributed by atoms with van der Waals surface area (Å²) in [6, 6.07) is 0. The minimum atomic E-state index is -0.778. The Morgan fingerprint density at radius 3 is 1.88 bits per heavy atom. The molecule has 0 radical (unpaired) electrons. The van der Waals surface area contributed by atoms with Gasteiger partial charge in [-0.1, -0.05) is 52.9 Å². The van der Waals surface area contributed by atoms with Gasteiger partial charge in [-0.25, -0.2) is 0 Å². The second kappa shape index (κ2) is 9.76. The predicted octanol–water partition coefficient (Wildman–Crippen LogP) is 4.69. The van der Waals surface area contributed by atoms with Crippen LogP contribution in [0.5, 0.6) is 0 Å². The van der Waals surface area contributed by atoms with Crippen molar-refractivity contribution >= 4 is 17.6 Å². The van der Waals surface area contributed by atoms with Crippen molar-refractivity contribution in [3.05, 3.63) is 0 Å². The molecule has 0 N–H and O–H groups in total. The molecule has 3 heteroatoms. The number of esters is 1. The lowest BCUT2D eigenvalue weighted by atomic mass is 9.95. The molecule has 0 aromatic carbocycles. The predicted molar refractivity (Wildman–Crippen MR) is 73.5 cm³/mol. The first-order valence-electron chi connectivity index (χ1n) is 6.96. The Morgan fingerprint density at radius 2 is 1.47 bits per heavy atom. The van der Waals surface area contributed by atoms with Gasteiger partial charge in [-0.15, -0.1) is 11.6 Å². The summed E-state index contributed by atoms with van der Waals surface area (Å²) < 4.78 is 5.27. The molecule has 17 heavy (non-hydrogen) atoms. The summed E-state index contributed by atoms with van der Waals surface area (Å²) in [6.45, 7) is 6.80. The van der Waals surface area contributed by atoms with Crippen molar-refractivity contribution in [1.82, 2.24) is 0 Å². The Balaban J connectivity index is 4.26. The summed E-state index contributed by atoms with van der Waals surface area (Å²) in [5.41, 5.74) is 0. The number of halogens is 1. The number of hydrogen-bond acceptors (Lipinski definition) is 2. The fourth-order valence-electron chi connectivity index (χ4n) is 1.68. The molecule has 0 aliphatic heterocycles. The molecule has 102 valence electrons. The van der Waals surface area contributed by atoms with Crippen molar-refractivity contribution < 1.29 is 9.53 Å². The molecule has 0 amide bonds. The van der Waals surface area contributed by atoms with Crippen LogP contribution in [0.4, 0.5) is 0 Å². The van der Waals surface area contributed by atoms with Crippen LogP contribution in [0.15, 0.2) is 0 Å². The molecule has 0 spiro atoms. The molecule has 0 fully saturated rings. The molecule has 0 aromatic heterocycles. The maximum Gasteiger partial charge on any atom is 0.327 e. The molecule has 0 heterocycles. The third kappa shape index (κ3) is 6.92. The quantitative estimate of drug-likeness (QED) is 0.324. The molecule has 0 aliphatic rings. The van der Waals surface area contributed by atoms with E-state index in [4.69, 9.17) is 16.3 Å². The number of carbonyl (C=O) groups is 1. The van der Waals surface area contributed by atoms with Gasteiger partial charge in [0.2, 0.25) is 0 Å². The Morgan fingerprint density at radius 1 is 1.00 bits per heavy atom. The van der Waals surface area contributed by atoms with Crippen LogP contribution in [-0.2, 0) is 9.53 Å². The van der Waals surface area contributed by atoms with E-state index in [1.807, 2.05) is 0 Å². The van der Waals surface area contributed by atoms with Crippen molar-refractivity contribution in [3.63, 3.8) is 0 Å². The number of unbranched alkanes of at least 4 members (excludes halogenated alkanes) is 3. The molecule has 0 rings (SSSR count). The van der Waals surface area contributed by atoms with E-state index in [2.05, 4.69) is 20.8 Å². The third-order valence-corrected chi connectivity index (χ3v) is 3.48. The average molecular weight is 263 g/mol. The van der Waals surface area contributed by atoms with Gasteiger partial charge in [-0.3, -0.25) is 4.79 Å². The zero-order valence-corrected chi connectivity index (χ0v) is 12.3. The molecule has 0 saturated heterocycles. The van der Waals surface area contributed by atoms with E-state index >= 15 is 0 Å². The standard InChI is InChI=1S/C14H27ClO2/c1-4-7-10-14(15,11-8-5-2)13(16)17-12-9-6-3/h4-12H2,1-3H3. The number of ether oxygens (including phenoxy) is 1. The average Bonchev–Trinajstić information content (AvgIpc) is 2.34. The smallest absolute Gasteiger partial charge is 0.327 e. The van der Waals surface area contributed by atoms with Gasteiger partial charge in [-0.2, -0.15) is 0 Å². The first-order chi connectivity index (χ1) is 8.10. The minimum Gasteiger partial charge on any atom is -0.464 e. The van der Waals surface area contributed by atoms with Crippen LogP contribution in [0.1, 0.15) is 72.1 Å². The van der Waals surface area contributed by atoms with Gasteiger partial charge in [0.15, 0.2) is 0 Å². The second-order valence-corrected chi connectivity index (χ2v) is 5.39. The van der Waals surface area contributed by atoms with Gasteiger partial charge in [0, 0.05) is 0 Å². The van der Waals surface area contributed by atoms with Gasteiger partial charge in [0.1, 0.15) is 4.87 Å². The summed E-state index contributed by atoms with van der Waals surface area (Å²) in [7, 11) is 0. The first-order valence-corrected chi connectivity index (χ1v) is 7.34. The Labute approximate surface area is 111 Å². The topological polar surface area (TPSA) is 26.3 Å². The molecule has 0 saturated carbocycles. The second-order valence-electron chi connectivity index (χ2n) is 4.66. The minimum absolute atomic E-state index is 0.213. The van der Waals surface area contributed by atoms with Crippen LogP contribution in [0, 0.1) is 0 Å². The maximum absolute atomic E-state index is 12.0. The summed E-state index contributed by atoms with van der Waals surface area (Å²) >= 11 is 6.45. The summed E-state index contributed by atoms with van der Waals surface area (Å²) in [4.78, 5) is 11.2. The normalized spacial score (nSPS) is 11.5.